The van der Waals surface area contributed by atoms with Crippen LogP contribution in [0.5, 0.6) is 11.5 Å². The third kappa shape index (κ3) is 2.86. The minimum atomic E-state index is -4.74. The summed E-state index contributed by atoms with van der Waals surface area (Å²) < 4.78 is 31.6. The summed E-state index contributed by atoms with van der Waals surface area (Å²) in [6.45, 7) is 1.49. The van der Waals surface area contributed by atoms with E-state index in [0.717, 1.165) is 12.1 Å². The third-order valence-corrected chi connectivity index (χ3v) is 2.32. The van der Waals surface area contributed by atoms with Gasteiger partial charge >= 0.3 is 29.6 Å². The van der Waals surface area contributed by atoms with Crippen molar-refractivity contribution in [2.24, 2.45) is 0 Å². The summed E-state index contributed by atoms with van der Waals surface area (Å²) in [5.74, 6) is -1.52. The Bertz CT molecular complexity index is 440. The van der Waals surface area contributed by atoms with Gasteiger partial charge in [0.05, 0.1) is 0 Å². The molecule has 0 unspecified atom stereocenters. The average molecular weight is 226 g/mol. The molecule has 0 fully saturated rings. The number of rotatable bonds is 1. The number of hydrogen-bond acceptors (Lipinski definition) is 5. The van der Waals surface area contributed by atoms with Gasteiger partial charge in [-0.05, 0) is 24.6 Å². The van der Waals surface area contributed by atoms with Crippen molar-refractivity contribution in [2.75, 3.05) is 0 Å². The second-order valence-electron chi connectivity index (χ2n) is 2.58. The van der Waals surface area contributed by atoms with Gasteiger partial charge in [0.1, 0.15) is 15.0 Å². The topological polar surface area (TPSA) is 97.7 Å². The van der Waals surface area contributed by atoms with Crippen LogP contribution in [-0.4, -0.2) is 23.2 Å². The van der Waals surface area contributed by atoms with Gasteiger partial charge in [-0.3, -0.25) is 0 Å². The molecule has 5 nitrogen and oxygen atoms in total. The molecule has 7 heteroatoms. The first kappa shape index (κ1) is 13.7. The van der Waals surface area contributed by atoms with Crippen LogP contribution in [0.15, 0.2) is 17.0 Å². The fourth-order valence-electron chi connectivity index (χ4n) is 0.918. The summed E-state index contributed by atoms with van der Waals surface area (Å²) in [7, 11) is -4.74. The smallest absolute Gasteiger partial charge is 0.744 e. The van der Waals surface area contributed by atoms with Gasteiger partial charge in [0.15, 0.2) is 11.5 Å². The van der Waals surface area contributed by atoms with Crippen LogP contribution in [-0.2, 0) is 10.1 Å². The number of phenolic OH excluding ortho intramolecular Hbond substituents is 2. The Morgan fingerprint density at radius 1 is 1.29 bits per heavy atom. The number of benzene rings is 1. The van der Waals surface area contributed by atoms with Crippen LogP contribution >= 0.6 is 0 Å². The SMILES string of the molecule is Cc1cc(O)c(O)c(S(=O)(=O)[O-])c1.[Na+]. The molecule has 0 saturated carbocycles. The summed E-state index contributed by atoms with van der Waals surface area (Å²) in [6, 6.07) is 2.15. The van der Waals surface area contributed by atoms with Gasteiger partial charge in [-0.25, -0.2) is 8.42 Å². The maximum atomic E-state index is 10.5. The van der Waals surface area contributed by atoms with Crippen molar-refractivity contribution in [1.82, 2.24) is 0 Å². The monoisotopic (exact) mass is 226 g/mol. The number of aromatic hydroxyl groups is 2. The van der Waals surface area contributed by atoms with Gasteiger partial charge in [0.25, 0.3) is 0 Å². The van der Waals surface area contributed by atoms with E-state index >= 15 is 0 Å². The van der Waals surface area contributed by atoms with Crippen LogP contribution < -0.4 is 29.6 Å². The molecule has 0 saturated heterocycles. The molecule has 2 N–H and O–H groups in total. The fraction of sp³-hybridized carbons (Fsp3) is 0.143. The number of hydrogen-bond donors (Lipinski definition) is 2. The van der Waals surface area contributed by atoms with E-state index in [1.807, 2.05) is 0 Å². The van der Waals surface area contributed by atoms with Gasteiger partial charge in [-0.2, -0.15) is 0 Å². The fourth-order valence-corrected chi connectivity index (χ4v) is 1.59. The first-order chi connectivity index (χ1) is 5.82. The Morgan fingerprint density at radius 3 is 2.21 bits per heavy atom. The molecule has 0 aromatic heterocycles. The average Bonchev–Trinajstić information content (AvgIpc) is 1.94. The van der Waals surface area contributed by atoms with Gasteiger partial charge in [-0.1, -0.05) is 0 Å². The van der Waals surface area contributed by atoms with Crippen LogP contribution in [0, 0.1) is 6.92 Å². The quantitative estimate of drug-likeness (QED) is 0.309. The minimum Gasteiger partial charge on any atom is -0.744 e. The molecule has 0 spiro atoms. The van der Waals surface area contributed by atoms with Gasteiger partial charge in [-0.15, -0.1) is 0 Å². The summed E-state index contributed by atoms with van der Waals surface area (Å²) in [6.07, 6.45) is 0. The van der Waals surface area contributed by atoms with Crippen molar-refractivity contribution >= 4 is 10.1 Å². The van der Waals surface area contributed by atoms with Crippen molar-refractivity contribution in [1.29, 1.82) is 0 Å². The van der Waals surface area contributed by atoms with Crippen LogP contribution in [0.3, 0.4) is 0 Å². The molecule has 0 bridgehead atoms. The maximum absolute atomic E-state index is 10.5. The standard InChI is InChI=1S/C7H8O5S.Na/c1-4-2-5(8)7(9)6(3-4)13(10,11)12;/h2-3,8-9H,1H3,(H,10,11,12);/q;+1/p-1. The first-order valence-electron chi connectivity index (χ1n) is 3.31. The Balaban J connectivity index is 0.00000169. The Kier molecular flexibility index (Phi) is 4.41. The molecule has 0 radical (unpaired) electrons. The van der Waals surface area contributed by atoms with Crippen LogP contribution in [0.2, 0.25) is 0 Å². The summed E-state index contributed by atoms with van der Waals surface area (Å²) in [5, 5.41) is 18.0. The predicted octanol–water partition coefficient (Wildman–Crippen LogP) is -2.69. The minimum absolute atomic E-state index is 0. The molecule has 1 aromatic rings. The van der Waals surface area contributed by atoms with Crippen molar-refractivity contribution in [3.8, 4) is 11.5 Å². The molecule has 14 heavy (non-hydrogen) atoms. The van der Waals surface area contributed by atoms with Crippen molar-refractivity contribution < 1.29 is 52.7 Å². The predicted molar refractivity (Wildman–Crippen MR) is 42.5 cm³/mol. The molecule has 0 atom stereocenters. The molecule has 1 aromatic carbocycles. The van der Waals surface area contributed by atoms with Crippen molar-refractivity contribution in [3.63, 3.8) is 0 Å². The number of aryl methyl sites for hydroxylation is 1. The van der Waals surface area contributed by atoms with Crippen LogP contribution in [0.25, 0.3) is 0 Å². The van der Waals surface area contributed by atoms with Crippen molar-refractivity contribution in [3.05, 3.63) is 17.7 Å². The summed E-state index contributed by atoms with van der Waals surface area (Å²) >= 11 is 0. The zero-order valence-electron chi connectivity index (χ0n) is 7.68. The molecule has 0 aliphatic rings. The first-order valence-corrected chi connectivity index (χ1v) is 4.71. The Labute approximate surface area is 103 Å². The number of phenols is 2. The summed E-state index contributed by atoms with van der Waals surface area (Å²) in [5.41, 5.74) is 0.379. The maximum Gasteiger partial charge on any atom is 1.00 e. The molecule has 0 amide bonds. The van der Waals surface area contributed by atoms with E-state index in [0.29, 0.717) is 5.56 Å². The molecular weight excluding hydrogens is 219 g/mol. The van der Waals surface area contributed by atoms with E-state index < -0.39 is 26.5 Å². The van der Waals surface area contributed by atoms with Gasteiger partial charge in [0.2, 0.25) is 0 Å². The third-order valence-electron chi connectivity index (χ3n) is 1.47. The largest absolute Gasteiger partial charge is 1.00 e. The normalized spacial score (nSPS) is 10.7. The van der Waals surface area contributed by atoms with E-state index in [1.54, 1.807) is 0 Å². The van der Waals surface area contributed by atoms with Crippen LogP contribution in [0.4, 0.5) is 0 Å². The van der Waals surface area contributed by atoms with E-state index in [1.165, 1.54) is 6.92 Å². The molecular formula is C7H7NaO5S. The molecule has 0 aliphatic heterocycles. The second-order valence-corrected chi connectivity index (χ2v) is 3.93. The zero-order valence-corrected chi connectivity index (χ0v) is 10.5. The van der Waals surface area contributed by atoms with Gasteiger partial charge < -0.3 is 14.8 Å². The van der Waals surface area contributed by atoms with E-state index in [-0.39, 0.29) is 29.6 Å². The summed E-state index contributed by atoms with van der Waals surface area (Å²) in [4.78, 5) is -0.801. The van der Waals surface area contributed by atoms with Crippen LogP contribution in [0.1, 0.15) is 5.56 Å². The second kappa shape index (κ2) is 4.50. The van der Waals surface area contributed by atoms with Gasteiger partial charge in [0, 0.05) is 0 Å². The van der Waals surface area contributed by atoms with E-state index in [2.05, 4.69) is 0 Å². The zero-order chi connectivity index (χ0) is 10.2. The molecule has 0 heterocycles. The molecule has 1 rings (SSSR count). The molecule has 0 aliphatic carbocycles. The molecule has 72 valence electrons. The Morgan fingerprint density at radius 2 is 1.79 bits per heavy atom. The van der Waals surface area contributed by atoms with E-state index in [9.17, 15) is 13.0 Å². The van der Waals surface area contributed by atoms with E-state index in [4.69, 9.17) is 10.2 Å². The van der Waals surface area contributed by atoms with Crippen molar-refractivity contribution in [2.45, 2.75) is 11.8 Å². The Hall–Kier alpha value is -0.270.